The molecule has 106 valence electrons. The van der Waals surface area contributed by atoms with E-state index in [2.05, 4.69) is 0 Å². The predicted molar refractivity (Wildman–Crippen MR) is 80.4 cm³/mol. The highest BCUT2D eigenvalue weighted by atomic mass is 32.1. The Balaban J connectivity index is 1.59. The summed E-state index contributed by atoms with van der Waals surface area (Å²) in [4.78, 5) is 13.9. The molecular formula is C17H20O2S. The van der Waals surface area contributed by atoms with E-state index in [1.807, 2.05) is 23.6 Å². The Morgan fingerprint density at radius 2 is 2.05 bits per heavy atom. The smallest absolute Gasteiger partial charge is 0.161 e. The molecule has 3 heteroatoms. The Kier molecular flexibility index (Phi) is 2.74. The fourth-order valence-corrected chi connectivity index (χ4v) is 5.84. The summed E-state index contributed by atoms with van der Waals surface area (Å²) in [6.45, 7) is 0. The molecule has 4 aliphatic carbocycles. The normalized spacial score (nSPS) is 42.5. The number of carbonyl (C=O) groups is 1. The standard InChI is InChI=1S/C17H20O2S/c18-15(4-3-14-2-1-5-20-14)16-7-12-6-13(8-16)10-17(19,9-12)11-16/h1-5,12-13,19H,6-11H2/b4-3+. The molecule has 2 unspecified atom stereocenters. The highest BCUT2D eigenvalue weighted by molar-refractivity contribution is 7.10. The van der Waals surface area contributed by atoms with Gasteiger partial charge in [0, 0.05) is 10.3 Å². The molecule has 0 saturated heterocycles. The molecular weight excluding hydrogens is 268 g/mol. The van der Waals surface area contributed by atoms with Crippen LogP contribution >= 0.6 is 11.3 Å². The van der Waals surface area contributed by atoms with Crippen LogP contribution < -0.4 is 0 Å². The molecule has 1 aromatic rings. The van der Waals surface area contributed by atoms with Crippen molar-refractivity contribution in [3.63, 3.8) is 0 Å². The molecule has 4 fully saturated rings. The summed E-state index contributed by atoms with van der Waals surface area (Å²) in [5.41, 5.74) is -0.802. The molecule has 0 amide bonds. The first kappa shape index (κ1) is 12.8. The van der Waals surface area contributed by atoms with Gasteiger partial charge in [0.1, 0.15) is 0 Å². The number of allylic oxidation sites excluding steroid dienone is 1. The summed E-state index contributed by atoms with van der Waals surface area (Å²) >= 11 is 1.65. The van der Waals surface area contributed by atoms with Crippen molar-refractivity contribution in [1.82, 2.24) is 0 Å². The molecule has 5 rings (SSSR count). The number of thiophene rings is 1. The van der Waals surface area contributed by atoms with Gasteiger partial charge in [-0.3, -0.25) is 4.79 Å². The van der Waals surface area contributed by atoms with Gasteiger partial charge in [0.05, 0.1) is 5.60 Å². The number of hydrogen-bond acceptors (Lipinski definition) is 3. The SMILES string of the molecule is O=C(/C=C/c1cccs1)C12CC3CC(CC(O)(C3)C1)C2. The molecule has 20 heavy (non-hydrogen) atoms. The van der Waals surface area contributed by atoms with Crippen molar-refractivity contribution in [2.75, 3.05) is 0 Å². The second kappa shape index (κ2) is 4.28. The highest BCUT2D eigenvalue weighted by Gasteiger charge is 2.59. The van der Waals surface area contributed by atoms with Gasteiger partial charge in [-0.15, -0.1) is 11.3 Å². The number of ketones is 1. The Morgan fingerprint density at radius 3 is 2.65 bits per heavy atom. The first-order valence-electron chi connectivity index (χ1n) is 7.55. The molecule has 1 aromatic heterocycles. The van der Waals surface area contributed by atoms with Gasteiger partial charge in [-0.2, -0.15) is 0 Å². The summed E-state index contributed by atoms with van der Waals surface area (Å²) < 4.78 is 0. The first-order chi connectivity index (χ1) is 9.57. The molecule has 0 aromatic carbocycles. The van der Waals surface area contributed by atoms with E-state index in [9.17, 15) is 9.90 Å². The van der Waals surface area contributed by atoms with E-state index in [1.165, 1.54) is 6.42 Å². The third-order valence-corrected chi connectivity index (χ3v) is 6.33. The van der Waals surface area contributed by atoms with Crippen LogP contribution in [-0.4, -0.2) is 16.5 Å². The lowest BCUT2D eigenvalue weighted by Gasteiger charge is -2.59. The molecule has 0 aliphatic heterocycles. The number of rotatable bonds is 3. The predicted octanol–water partition coefficient (Wildman–Crippen LogP) is 3.66. The van der Waals surface area contributed by atoms with Gasteiger partial charge >= 0.3 is 0 Å². The molecule has 2 atom stereocenters. The van der Waals surface area contributed by atoms with E-state index in [0.29, 0.717) is 18.3 Å². The molecule has 0 radical (unpaired) electrons. The van der Waals surface area contributed by atoms with Gasteiger partial charge in [0.15, 0.2) is 5.78 Å². The minimum Gasteiger partial charge on any atom is -0.390 e. The van der Waals surface area contributed by atoms with Gasteiger partial charge in [-0.25, -0.2) is 0 Å². The number of hydrogen-bond donors (Lipinski definition) is 1. The average Bonchev–Trinajstić information content (AvgIpc) is 2.85. The van der Waals surface area contributed by atoms with E-state index in [4.69, 9.17) is 0 Å². The maximum atomic E-state index is 12.7. The number of aliphatic hydroxyl groups is 1. The zero-order chi connectivity index (χ0) is 13.8. The van der Waals surface area contributed by atoms with Crippen molar-refractivity contribution < 1.29 is 9.90 Å². The van der Waals surface area contributed by atoms with Gasteiger partial charge in [-0.1, -0.05) is 6.07 Å². The average molecular weight is 288 g/mol. The Bertz CT molecular complexity index is 544. The monoisotopic (exact) mass is 288 g/mol. The fourth-order valence-electron chi connectivity index (χ4n) is 5.22. The molecule has 1 N–H and O–H groups in total. The van der Waals surface area contributed by atoms with Crippen LogP contribution in [0.15, 0.2) is 23.6 Å². The second-order valence-corrected chi connectivity index (χ2v) is 8.16. The van der Waals surface area contributed by atoms with Crippen molar-refractivity contribution >= 4 is 23.2 Å². The van der Waals surface area contributed by atoms with E-state index in [1.54, 1.807) is 17.4 Å². The van der Waals surface area contributed by atoms with E-state index in [0.717, 1.165) is 30.6 Å². The summed E-state index contributed by atoms with van der Waals surface area (Å²) in [6.07, 6.45) is 9.48. The summed E-state index contributed by atoms with van der Waals surface area (Å²) in [6, 6.07) is 4.03. The fraction of sp³-hybridized carbons (Fsp3) is 0.588. The van der Waals surface area contributed by atoms with E-state index < -0.39 is 5.60 Å². The molecule has 4 saturated carbocycles. The lowest BCUT2D eigenvalue weighted by molar-refractivity contribution is -0.173. The van der Waals surface area contributed by atoms with Gasteiger partial charge in [-0.05, 0) is 74.0 Å². The maximum absolute atomic E-state index is 12.7. The van der Waals surface area contributed by atoms with Crippen LogP contribution in [0, 0.1) is 17.3 Å². The Morgan fingerprint density at radius 1 is 1.30 bits per heavy atom. The minimum absolute atomic E-state index is 0.249. The summed E-state index contributed by atoms with van der Waals surface area (Å²) in [7, 11) is 0. The van der Waals surface area contributed by atoms with Gasteiger partial charge in [0.25, 0.3) is 0 Å². The molecule has 1 heterocycles. The summed E-state index contributed by atoms with van der Waals surface area (Å²) in [5.74, 6) is 1.39. The van der Waals surface area contributed by atoms with Gasteiger partial charge < -0.3 is 5.11 Å². The highest BCUT2D eigenvalue weighted by Crippen LogP contribution is 2.62. The number of carbonyl (C=O) groups excluding carboxylic acids is 1. The topological polar surface area (TPSA) is 37.3 Å². The van der Waals surface area contributed by atoms with Crippen molar-refractivity contribution in [3.8, 4) is 0 Å². The van der Waals surface area contributed by atoms with Crippen molar-refractivity contribution in [1.29, 1.82) is 0 Å². The van der Waals surface area contributed by atoms with Crippen LogP contribution in [0.25, 0.3) is 6.08 Å². The van der Waals surface area contributed by atoms with E-state index in [-0.39, 0.29) is 11.2 Å². The molecule has 4 aliphatic rings. The van der Waals surface area contributed by atoms with Crippen LogP contribution in [0.1, 0.15) is 43.4 Å². The van der Waals surface area contributed by atoms with Gasteiger partial charge in [0.2, 0.25) is 0 Å². The maximum Gasteiger partial charge on any atom is 0.161 e. The first-order valence-corrected chi connectivity index (χ1v) is 8.43. The zero-order valence-corrected chi connectivity index (χ0v) is 12.4. The lowest BCUT2D eigenvalue weighted by Crippen LogP contribution is -2.57. The van der Waals surface area contributed by atoms with Crippen molar-refractivity contribution in [2.45, 2.75) is 44.1 Å². The third-order valence-electron chi connectivity index (χ3n) is 5.50. The lowest BCUT2D eigenvalue weighted by atomic mass is 9.47. The largest absolute Gasteiger partial charge is 0.390 e. The zero-order valence-electron chi connectivity index (χ0n) is 11.5. The van der Waals surface area contributed by atoms with Crippen molar-refractivity contribution in [3.05, 3.63) is 28.5 Å². The minimum atomic E-state index is -0.545. The van der Waals surface area contributed by atoms with Crippen LogP contribution in [0.3, 0.4) is 0 Å². The van der Waals surface area contributed by atoms with E-state index >= 15 is 0 Å². The molecule has 2 nitrogen and oxygen atoms in total. The quantitative estimate of drug-likeness (QED) is 0.862. The third kappa shape index (κ3) is 1.99. The van der Waals surface area contributed by atoms with Crippen molar-refractivity contribution in [2.24, 2.45) is 17.3 Å². The molecule has 4 bridgehead atoms. The molecule has 0 spiro atoms. The van der Waals surface area contributed by atoms with Crippen LogP contribution in [0.2, 0.25) is 0 Å². The Labute approximate surface area is 123 Å². The van der Waals surface area contributed by atoms with Crippen LogP contribution in [-0.2, 0) is 4.79 Å². The van der Waals surface area contributed by atoms with Crippen LogP contribution in [0.4, 0.5) is 0 Å². The summed E-state index contributed by atoms with van der Waals surface area (Å²) in [5, 5.41) is 12.7. The second-order valence-electron chi connectivity index (χ2n) is 7.18. The van der Waals surface area contributed by atoms with Crippen LogP contribution in [0.5, 0.6) is 0 Å². The Hall–Kier alpha value is -0.930.